The summed E-state index contributed by atoms with van der Waals surface area (Å²) in [6.07, 6.45) is 0. The summed E-state index contributed by atoms with van der Waals surface area (Å²) in [5.74, 6) is -0.531. The molecule has 1 aromatic carbocycles. The molecule has 2 rings (SSSR count). The fraction of sp³-hybridized carbons (Fsp3) is 0.400. The van der Waals surface area contributed by atoms with Crippen molar-refractivity contribution in [3.63, 3.8) is 0 Å². The fourth-order valence-corrected chi connectivity index (χ4v) is 3.13. The zero-order valence-electron chi connectivity index (χ0n) is 9.10. The molecule has 17 heavy (non-hydrogen) atoms. The van der Waals surface area contributed by atoms with Gasteiger partial charge >= 0.3 is 0 Å². The van der Waals surface area contributed by atoms with Crippen LogP contribution in [0.25, 0.3) is 0 Å². The minimum Gasteiger partial charge on any atom is -0.314 e. The highest BCUT2D eigenvalue weighted by Crippen LogP contribution is 2.16. The average molecular weight is 281 g/mol. The van der Waals surface area contributed by atoms with Gasteiger partial charge in [-0.25, -0.2) is 12.8 Å². The summed E-state index contributed by atoms with van der Waals surface area (Å²) < 4.78 is 38.5. The van der Waals surface area contributed by atoms with Crippen LogP contribution in [0.5, 0.6) is 0 Å². The molecule has 4 nitrogen and oxygen atoms in total. The molecule has 1 aliphatic heterocycles. The minimum atomic E-state index is -3.53. The highest BCUT2D eigenvalue weighted by Gasteiger charge is 2.25. The van der Waals surface area contributed by atoms with E-state index in [2.05, 4.69) is 5.32 Å². The Labute approximate surface area is 106 Å². The Balaban J connectivity index is 0.00000144. The first-order valence-electron chi connectivity index (χ1n) is 5.07. The number of halogens is 2. The number of nitrogens with zero attached hydrogens (tertiary/aromatic N) is 1. The maximum atomic E-state index is 13.0. The average Bonchev–Trinajstić information content (AvgIpc) is 2.30. The van der Waals surface area contributed by atoms with Crippen molar-refractivity contribution in [1.82, 2.24) is 9.62 Å². The molecule has 0 unspecified atom stereocenters. The van der Waals surface area contributed by atoms with Crippen molar-refractivity contribution in [1.29, 1.82) is 0 Å². The number of hydrogen-bond donors (Lipinski definition) is 1. The van der Waals surface area contributed by atoms with Crippen LogP contribution in [-0.4, -0.2) is 38.9 Å². The monoisotopic (exact) mass is 280 g/mol. The van der Waals surface area contributed by atoms with Crippen LogP contribution in [0.4, 0.5) is 4.39 Å². The molecule has 7 heteroatoms. The molecule has 0 aromatic heterocycles. The standard InChI is InChI=1S/C10H13FN2O2S.ClH/c11-9-2-1-3-10(8-9)16(14,15)13-6-4-12-5-7-13;/h1-3,8,12H,4-7H2;1H. The lowest BCUT2D eigenvalue weighted by atomic mass is 10.4. The van der Waals surface area contributed by atoms with Crippen molar-refractivity contribution in [2.75, 3.05) is 26.2 Å². The second-order valence-corrected chi connectivity index (χ2v) is 5.55. The lowest BCUT2D eigenvalue weighted by molar-refractivity contribution is 0.360. The number of nitrogens with one attached hydrogen (secondary N) is 1. The molecule has 0 atom stereocenters. The molecule has 0 spiro atoms. The Bertz CT molecular complexity index is 475. The number of rotatable bonds is 2. The SMILES string of the molecule is Cl.O=S(=O)(c1cccc(F)c1)N1CCNCC1. The largest absolute Gasteiger partial charge is 0.314 e. The van der Waals surface area contributed by atoms with Gasteiger partial charge in [0, 0.05) is 26.2 Å². The van der Waals surface area contributed by atoms with Crippen molar-refractivity contribution in [3.05, 3.63) is 30.1 Å². The highest BCUT2D eigenvalue weighted by atomic mass is 35.5. The molecule has 0 bridgehead atoms. The molecular formula is C10H14ClFN2O2S. The Morgan fingerprint density at radius 1 is 1.24 bits per heavy atom. The van der Waals surface area contributed by atoms with Gasteiger partial charge in [0.25, 0.3) is 0 Å². The third kappa shape index (κ3) is 3.16. The van der Waals surface area contributed by atoms with Crippen LogP contribution in [0.2, 0.25) is 0 Å². The van der Waals surface area contributed by atoms with Gasteiger partial charge < -0.3 is 5.32 Å². The summed E-state index contributed by atoms with van der Waals surface area (Å²) in [6.45, 7) is 2.13. The maximum absolute atomic E-state index is 13.0. The van der Waals surface area contributed by atoms with Gasteiger partial charge in [0.05, 0.1) is 4.90 Å². The molecular weight excluding hydrogens is 267 g/mol. The van der Waals surface area contributed by atoms with E-state index in [1.54, 1.807) is 0 Å². The van der Waals surface area contributed by atoms with E-state index >= 15 is 0 Å². The zero-order valence-corrected chi connectivity index (χ0v) is 10.7. The van der Waals surface area contributed by atoms with Gasteiger partial charge in [0.15, 0.2) is 0 Å². The van der Waals surface area contributed by atoms with Crippen LogP contribution in [0, 0.1) is 5.82 Å². The van der Waals surface area contributed by atoms with Gasteiger partial charge in [-0.05, 0) is 18.2 Å². The normalized spacial score (nSPS) is 17.5. The van der Waals surface area contributed by atoms with Crippen molar-refractivity contribution in [3.8, 4) is 0 Å². The summed E-state index contributed by atoms with van der Waals surface area (Å²) in [6, 6.07) is 5.11. The number of sulfonamides is 1. The van der Waals surface area contributed by atoms with E-state index in [0.717, 1.165) is 6.07 Å². The topological polar surface area (TPSA) is 49.4 Å². The van der Waals surface area contributed by atoms with Gasteiger partial charge in [0.2, 0.25) is 10.0 Å². The first kappa shape index (κ1) is 14.4. The van der Waals surface area contributed by atoms with Crippen LogP contribution in [-0.2, 0) is 10.0 Å². The van der Waals surface area contributed by atoms with E-state index in [1.165, 1.54) is 22.5 Å². The lowest BCUT2D eigenvalue weighted by Crippen LogP contribution is -2.46. The van der Waals surface area contributed by atoms with E-state index in [4.69, 9.17) is 0 Å². The maximum Gasteiger partial charge on any atom is 0.243 e. The lowest BCUT2D eigenvalue weighted by Gasteiger charge is -2.26. The van der Waals surface area contributed by atoms with Crippen LogP contribution in [0.3, 0.4) is 0 Å². The van der Waals surface area contributed by atoms with Crippen LogP contribution < -0.4 is 5.32 Å². The summed E-state index contributed by atoms with van der Waals surface area (Å²) in [7, 11) is -3.53. The minimum absolute atomic E-state index is 0. The quantitative estimate of drug-likeness (QED) is 0.873. The summed E-state index contributed by atoms with van der Waals surface area (Å²) in [5.41, 5.74) is 0. The number of piperazine rings is 1. The van der Waals surface area contributed by atoms with Crippen LogP contribution >= 0.6 is 12.4 Å². The molecule has 1 heterocycles. The summed E-state index contributed by atoms with van der Waals surface area (Å²) in [5, 5.41) is 3.07. The van der Waals surface area contributed by atoms with Crippen LogP contribution in [0.15, 0.2) is 29.2 Å². The molecule has 1 fully saturated rings. The first-order valence-corrected chi connectivity index (χ1v) is 6.51. The van der Waals surface area contributed by atoms with Crippen LogP contribution in [0.1, 0.15) is 0 Å². The summed E-state index contributed by atoms with van der Waals surface area (Å²) >= 11 is 0. The third-order valence-corrected chi connectivity index (χ3v) is 4.40. The van der Waals surface area contributed by atoms with Crippen molar-refractivity contribution in [2.24, 2.45) is 0 Å². The van der Waals surface area contributed by atoms with E-state index in [9.17, 15) is 12.8 Å². The predicted molar refractivity (Wildman–Crippen MR) is 65.3 cm³/mol. The molecule has 1 aromatic rings. The second-order valence-electron chi connectivity index (χ2n) is 3.61. The highest BCUT2D eigenvalue weighted by molar-refractivity contribution is 7.89. The molecule has 0 saturated carbocycles. The van der Waals surface area contributed by atoms with Gasteiger partial charge in [-0.1, -0.05) is 6.07 Å². The van der Waals surface area contributed by atoms with Gasteiger partial charge in [0.1, 0.15) is 5.82 Å². The second kappa shape index (κ2) is 5.77. The van der Waals surface area contributed by atoms with Crippen molar-refractivity contribution < 1.29 is 12.8 Å². The van der Waals surface area contributed by atoms with E-state index in [1.807, 2.05) is 0 Å². The molecule has 0 amide bonds. The number of hydrogen-bond acceptors (Lipinski definition) is 3. The molecule has 0 aliphatic carbocycles. The first-order chi connectivity index (χ1) is 7.60. The van der Waals surface area contributed by atoms with E-state index < -0.39 is 15.8 Å². The Hall–Kier alpha value is -0.690. The molecule has 1 saturated heterocycles. The van der Waals surface area contributed by atoms with Gasteiger partial charge in [-0.15, -0.1) is 12.4 Å². The summed E-state index contributed by atoms with van der Waals surface area (Å²) in [4.78, 5) is 0.0226. The van der Waals surface area contributed by atoms with Crippen molar-refractivity contribution >= 4 is 22.4 Å². The van der Waals surface area contributed by atoms with E-state index in [0.29, 0.717) is 26.2 Å². The Morgan fingerprint density at radius 3 is 2.47 bits per heavy atom. The molecule has 96 valence electrons. The predicted octanol–water partition coefficient (Wildman–Crippen LogP) is 0.841. The zero-order chi connectivity index (χ0) is 11.6. The Morgan fingerprint density at radius 2 is 1.88 bits per heavy atom. The van der Waals surface area contributed by atoms with Gasteiger partial charge in [-0.2, -0.15) is 4.31 Å². The molecule has 0 radical (unpaired) electrons. The fourth-order valence-electron chi connectivity index (χ4n) is 1.66. The van der Waals surface area contributed by atoms with E-state index in [-0.39, 0.29) is 17.3 Å². The molecule has 1 aliphatic rings. The van der Waals surface area contributed by atoms with Gasteiger partial charge in [-0.3, -0.25) is 0 Å². The van der Waals surface area contributed by atoms with Crippen molar-refractivity contribution in [2.45, 2.75) is 4.90 Å². The smallest absolute Gasteiger partial charge is 0.243 e. The Kier molecular flexibility index (Phi) is 4.88. The molecule has 1 N–H and O–H groups in total. The number of benzene rings is 1. The third-order valence-electron chi connectivity index (χ3n) is 2.51.